The summed E-state index contributed by atoms with van der Waals surface area (Å²) in [6, 6.07) is 3.70. The fraction of sp³-hybridized carbons (Fsp3) is 0.591. The van der Waals surface area contributed by atoms with Crippen molar-refractivity contribution in [2.45, 2.75) is 63.3 Å². The fourth-order valence-corrected chi connectivity index (χ4v) is 5.24. The molecule has 2 aliphatic rings. The molecular formula is C22H25F4N3O3. The first-order valence-electron chi connectivity index (χ1n) is 10.7. The zero-order valence-electron chi connectivity index (χ0n) is 17.5. The maximum Gasteiger partial charge on any atom is 0.389 e. The molecule has 1 aliphatic heterocycles. The summed E-state index contributed by atoms with van der Waals surface area (Å²) in [5.41, 5.74) is -2.20. The van der Waals surface area contributed by atoms with Gasteiger partial charge in [0.15, 0.2) is 0 Å². The van der Waals surface area contributed by atoms with Crippen molar-refractivity contribution < 1.29 is 27.5 Å². The molecule has 1 atom stereocenters. The third-order valence-electron chi connectivity index (χ3n) is 7.03. The zero-order chi connectivity index (χ0) is 23.1. The van der Waals surface area contributed by atoms with Gasteiger partial charge in [-0.05, 0) is 31.4 Å². The number of likely N-dealkylation sites (tertiary alicyclic amines) is 1. The van der Waals surface area contributed by atoms with Crippen LogP contribution in [-0.4, -0.2) is 50.3 Å². The van der Waals surface area contributed by atoms with Crippen molar-refractivity contribution in [3.8, 4) is 0 Å². The van der Waals surface area contributed by atoms with E-state index in [4.69, 9.17) is 0 Å². The number of aromatic nitrogens is 2. The Morgan fingerprint density at radius 1 is 1.19 bits per heavy atom. The minimum absolute atomic E-state index is 0.0449. The van der Waals surface area contributed by atoms with E-state index in [2.05, 4.69) is 4.98 Å². The summed E-state index contributed by atoms with van der Waals surface area (Å²) >= 11 is 0. The number of carbonyl (C=O) groups is 1. The number of alkyl halides is 3. The second-order valence-corrected chi connectivity index (χ2v) is 9.04. The average molecular weight is 455 g/mol. The van der Waals surface area contributed by atoms with Crippen LogP contribution in [0.4, 0.5) is 17.6 Å². The van der Waals surface area contributed by atoms with Gasteiger partial charge in [0, 0.05) is 31.0 Å². The summed E-state index contributed by atoms with van der Waals surface area (Å²) in [4.78, 5) is 30.9. The van der Waals surface area contributed by atoms with Crippen molar-refractivity contribution in [3.63, 3.8) is 0 Å². The van der Waals surface area contributed by atoms with Crippen molar-refractivity contribution in [2.75, 3.05) is 13.1 Å². The van der Waals surface area contributed by atoms with Gasteiger partial charge < -0.3 is 10.0 Å². The van der Waals surface area contributed by atoms with E-state index in [1.807, 2.05) is 0 Å². The second-order valence-electron chi connectivity index (χ2n) is 9.04. The Morgan fingerprint density at radius 2 is 1.91 bits per heavy atom. The van der Waals surface area contributed by atoms with E-state index in [0.29, 0.717) is 12.8 Å². The Bertz CT molecular complexity index is 1080. The molecule has 1 aromatic carbocycles. The van der Waals surface area contributed by atoms with E-state index < -0.39 is 47.3 Å². The molecule has 1 saturated carbocycles. The van der Waals surface area contributed by atoms with Crippen LogP contribution in [0.15, 0.2) is 29.3 Å². The van der Waals surface area contributed by atoms with E-state index in [1.165, 1.54) is 34.0 Å². The first-order chi connectivity index (χ1) is 15.0. The Morgan fingerprint density at radius 3 is 2.59 bits per heavy atom. The highest BCUT2D eigenvalue weighted by Crippen LogP contribution is 2.51. The lowest BCUT2D eigenvalue weighted by atomic mass is 9.65. The molecule has 1 amide bonds. The fourth-order valence-electron chi connectivity index (χ4n) is 5.24. The van der Waals surface area contributed by atoms with E-state index in [-0.39, 0.29) is 37.0 Å². The second kappa shape index (κ2) is 8.13. The molecule has 1 aromatic heterocycles. The average Bonchev–Trinajstić information content (AvgIpc) is 3.20. The quantitative estimate of drug-likeness (QED) is 0.718. The molecule has 6 nitrogen and oxygen atoms in total. The summed E-state index contributed by atoms with van der Waals surface area (Å²) in [6.07, 6.45) is -1.84. The predicted octanol–water partition coefficient (Wildman–Crippen LogP) is 3.40. The minimum Gasteiger partial charge on any atom is -0.387 e. The topological polar surface area (TPSA) is 75.4 Å². The molecule has 4 rings (SSSR count). The first kappa shape index (κ1) is 22.7. The maximum absolute atomic E-state index is 13.4. The van der Waals surface area contributed by atoms with Crippen molar-refractivity contribution in [3.05, 3.63) is 40.7 Å². The number of hydrogen-bond donors (Lipinski definition) is 1. The zero-order valence-corrected chi connectivity index (χ0v) is 17.5. The lowest BCUT2D eigenvalue weighted by Crippen LogP contribution is -2.62. The summed E-state index contributed by atoms with van der Waals surface area (Å²) in [6.45, 7) is 0.244. The minimum atomic E-state index is -4.40. The number of halogens is 4. The third-order valence-corrected chi connectivity index (χ3v) is 7.03. The van der Waals surface area contributed by atoms with E-state index >= 15 is 0 Å². The molecule has 0 radical (unpaired) electrons. The van der Waals surface area contributed by atoms with Gasteiger partial charge in [0.2, 0.25) is 5.91 Å². The largest absolute Gasteiger partial charge is 0.389 e. The van der Waals surface area contributed by atoms with Crippen LogP contribution in [-0.2, 0) is 11.3 Å². The standard InChI is InChI=1S/C22H25F4N3O3/c23-15-3-4-16-17(11-15)27-14-29(19(16)31)13-21(32)9-10-28(12-20(21)6-1-2-7-20)18(30)5-8-22(24,25)26/h3-4,11,14,32H,1-2,5-10,12-13H2. The number of hydrogen-bond acceptors (Lipinski definition) is 4. The maximum atomic E-state index is 13.4. The number of carbonyl (C=O) groups excluding carboxylic acids is 1. The summed E-state index contributed by atoms with van der Waals surface area (Å²) in [7, 11) is 0. The summed E-state index contributed by atoms with van der Waals surface area (Å²) < 4.78 is 52.4. The van der Waals surface area contributed by atoms with Crippen LogP contribution in [0.2, 0.25) is 0 Å². The van der Waals surface area contributed by atoms with Crippen LogP contribution in [0, 0.1) is 11.2 Å². The highest BCUT2D eigenvalue weighted by molar-refractivity contribution is 5.77. The van der Waals surface area contributed by atoms with Gasteiger partial charge in [0.05, 0.1) is 35.8 Å². The molecule has 2 fully saturated rings. The molecule has 2 heterocycles. The van der Waals surface area contributed by atoms with Crippen molar-refractivity contribution in [1.82, 2.24) is 14.5 Å². The molecular weight excluding hydrogens is 430 g/mol. The normalized spacial score (nSPS) is 23.2. The summed E-state index contributed by atoms with van der Waals surface area (Å²) in [5, 5.41) is 11.9. The predicted molar refractivity (Wildman–Crippen MR) is 108 cm³/mol. The smallest absolute Gasteiger partial charge is 0.387 e. The Balaban J connectivity index is 1.58. The molecule has 1 spiro atoms. The molecule has 1 aliphatic carbocycles. The number of piperidine rings is 1. The molecule has 32 heavy (non-hydrogen) atoms. The molecule has 2 aromatic rings. The van der Waals surface area contributed by atoms with Gasteiger partial charge in [-0.1, -0.05) is 12.8 Å². The highest BCUT2D eigenvalue weighted by atomic mass is 19.4. The number of fused-ring (bicyclic) bond motifs is 1. The third kappa shape index (κ3) is 4.24. The number of aliphatic hydroxyl groups is 1. The van der Waals surface area contributed by atoms with Crippen LogP contribution >= 0.6 is 0 Å². The van der Waals surface area contributed by atoms with Gasteiger partial charge in [-0.2, -0.15) is 13.2 Å². The van der Waals surface area contributed by atoms with Crippen LogP contribution in [0.1, 0.15) is 44.9 Å². The van der Waals surface area contributed by atoms with Gasteiger partial charge in [0.1, 0.15) is 5.82 Å². The van der Waals surface area contributed by atoms with Crippen molar-refractivity contribution in [2.24, 2.45) is 5.41 Å². The van der Waals surface area contributed by atoms with Crippen LogP contribution in [0.25, 0.3) is 10.9 Å². The number of rotatable bonds is 4. The van der Waals surface area contributed by atoms with Crippen molar-refractivity contribution in [1.29, 1.82) is 0 Å². The number of nitrogens with zero attached hydrogens (tertiary/aromatic N) is 3. The molecule has 1 saturated heterocycles. The van der Waals surface area contributed by atoms with Crippen LogP contribution in [0.3, 0.4) is 0 Å². The number of amides is 1. The van der Waals surface area contributed by atoms with Gasteiger partial charge in [0.25, 0.3) is 5.56 Å². The number of benzene rings is 1. The van der Waals surface area contributed by atoms with Gasteiger partial charge >= 0.3 is 6.18 Å². The first-order valence-corrected chi connectivity index (χ1v) is 10.7. The van der Waals surface area contributed by atoms with E-state index in [9.17, 15) is 32.3 Å². The molecule has 10 heteroatoms. The van der Waals surface area contributed by atoms with Crippen molar-refractivity contribution >= 4 is 16.8 Å². The Hall–Kier alpha value is -2.49. The van der Waals surface area contributed by atoms with Gasteiger partial charge in [-0.3, -0.25) is 14.2 Å². The van der Waals surface area contributed by atoms with E-state index in [0.717, 1.165) is 12.8 Å². The molecule has 1 N–H and O–H groups in total. The van der Waals surface area contributed by atoms with E-state index in [1.54, 1.807) is 0 Å². The molecule has 0 bridgehead atoms. The Kier molecular flexibility index (Phi) is 5.77. The monoisotopic (exact) mass is 455 g/mol. The summed E-state index contributed by atoms with van der Waals surface area (Å²) in [5.74, 6) is -1.07. The van der Waals surface area contributed by atoms with Crippen LogP contribution < -0.4 is 5.56 Å². The van der Waals surface area contributed by atoms with Gasteiger partial charge in [-0.15, -0.1) is 0 Å². The Labute approximate surface area is 181 Å². The van der Waals surface area contributed by atoms with Crippen LogP contribution in [0.5, 0.6) is 0 Å². The SMILES string of the molecule is O=C(CCC(F)(F)F)N1CCC(O)(Cn2cnc3cc(F)ccc3c2=O)C2(CCCC2)C1. The lowest BCUT2D eigenvalue weighted by Gasteiger charge is -2.52. The molecule has 174 valence electrons. The van der Waals surface area contributed by atoms with Gasteiger partial charge in [-0.25, -0.2) is 9.37 Å². The highest BCUT2D eigenvalue weighted by Gasteiger charge is 2.55. The molecule has 1 unspecified atom stereocenters. The lowest BCUT2D eigenvalue weighted by molar-refractivity contribution is -0.166.